The number of amides is 1. The zero-order valence-corrected chi connectivity index (χ0v) is 22.5. The molecule has 3 aromatic carbocycles. The lowest BCUT2D eigenvalue weighted by Crippen LogP contribution is -2.37. The molecule has 0 bridgehead atoms. The number of benzene rings is 3. The van der Waals surface area contributed by atoms with E-state index in [0.717, 1.165) is 21.6 Å². The number of fused-ring (bicyclic) bond motifs is 1. The number of aromatic nitrogens is 1. The molecule has 4 aromatic rings. The van der Waals surface area contributed by atoms with Gasteiger partial charge in [-0.25, -0.2) is 9.78 Å². The van der Waals surface area contributed by atoms with Crippen LogP contribution in [0.25, 0.3) is 11.5 Å². The van der Waals surface area contributed by atoms with Gasteiger partial charge < -0.3 is 33.2 Å². The largest absolute Gasteiger partial charge is 0.497 e. The summed E-state index contributed by atoms with van der Waals surface area (Å²) in [5.41, 5.74) is 3.11. The molecule has 0 unspecified atom stereocenters. The maximum atomic E-state index is 12.7. The van der Waals surface area contributed by atoms with Crippen molar-refractivity contribution in [3.05, 3.63) is 89.3 Å². The average molecular weight is 561 g/mol. The van der Waals surface area contributed by atoms with Crippen molar-refractivity contribution < 1.29 is 42.8 Å². The Hall–Kier alpha value is -5.03. The van der Waals surface area contributed by atoms with Gasteiger partial charge in [-0.05, 0) is 60.5 Å². The molecule has 0 radical (unpaired) electrons. The van der Waals surface area contributed by atoms with Gasteiger partial charge in [0.25, 0.3) is 0 Å². The summed E-state index contributed by atoms with van der Waals surface area (Å²) in [6.07, 6.45) is -0.770. The highest BCUT2D eigenvalue weighted by Crippen LogP contribution is 2.36. The van der Waals surface area contributed by atoms with Crippen molar-refractivity contribution >= 4 is 12.1 Å². The molecule has 212 valence electrons. The molecule has 41 heavy (non-hydrogen) atoms. The van der Waals surface area contributed by atoms with Crippen LogP contribution in [0.3, 0.4) is 0 Å². The van der Waals surface area contributed by atoms with Crippen molar-refractivity contribution in [3.8, 4) is 34.5 Å². The Morgan fingerprint density at radius 2 is 1.63 bits per heavy atom. The smallest absolute Gasteiger partial charge is 0.416 e. The van der Waals surface area contributed by atoms with Crippen LogP contribution in [0.2, 0.25) is 0 Å². The van der Waals surface area contributed by atoms with Gasteiger partial charge in [0.15, 0.2) is 11.5 Å². The van der Waals surface area contributed by atoms with E-state index in [1.54, 1.807) is 24.3 Å². The van der Waals surface area contributed by atoms with Crippen molar-refractivity contribution in [2.45, 2.75) is 26.7 Å². The Morgan fingerprint density at radius 1 is 0.927 bits per heavy atom. The number of methoxy groups -OCH3 is 1. The quantitative estimate of drug-likeness (QED) is 0.262. The number of carbonyl (C=O) groups excluding carboxylic acids is 1. The zero-order valence-electron chi connectivity index (χ0n) is 22.5. The summed E-state index contributed by atoms with van der Waals surface area (Å²) in [6.45, 7) is 2.16. The van der Waals surface area contributed by atoms with Crippen molar-refractivity contribution in [2.75, 3.05) is 20.4 Å². The lowest BCUT2D eigenvalue weighted by Gasteiger charge is -2.20. The van der Waals surface area contributed by atoms with E-state index in [4.69, 9.17) is 28.1 Å². The number of carbonyl (C=O) groups is 2. The highest BCUT2D eigenvalue weighted by Gasteiger charge is 2.20. The molecular weight excluding hydrogens is 532 g/mol. The molecule has 0 saturated heterocycles. The normalized spacial score (nSPS) is 11.8. The molecule has 0 saturated carbocycles. The summed E-state index contributed by atoms with van der Waals surface area (Å²) in [5, 5.41) is 9.30. The number of rotatable bonds is 11. The molecule has 1 aliphatic heterocycles. The van der Waals surface area contributed by atoms with Gasteiger partial charge in [0.1, 0.15) is 29.5 Å². The van der Waals surface area contributed by atoms with Crippen LogP contribution in [0.5, 0.6) is 23.0 Å². The maximum absolute atomic E-state index is 12.7. The minimum Gasteiger partial charge on any atom is -0.497 e. The van der Waals surface area contributed by atoms with Gasteiger partial charge in [0, 0.05) is 12.1 Å². The second-order valence-corrected chi connectivity index (χ2v) is 9.19. The number of carboxylic acid groups (broad SMARTS) is 1. The Kier molecular flexibility index (Phi) is 8.35. The van der Waals surface area contributed by atoms with E-state index in [2.05, 4.69) is 4.98 Å². The lowest BCUT2D eigenvalue weighted by atomic mass is 10.1. The number of hydrogen-bond donors (Lipinski definition) is 1. The molecule has 1 aromatic heterocycles. The molecule has 0 fully saturated rings. The molecular formula is C30H28N2O9. The molecule has 0 spiro atoms. The number of oxazole rings is 1. The third kappa shape index (κ3) is 6.95. The molecule has 0 atom stereocenters. The molecule has 2 heterocycles. The van der Waals surface area contributed by atoms with Crippen LogP contribution in [0.1, 0.15) is 22.6 Å². The van der Waals surface area contributed by atoms with Gasteiger partial charge in [-0.1, -0.05) is 24.3 Å². The van der Waals surface area contributed by atoms with Crippen molar-refractivity contribution in [1.29, 1.82) is 0 Å². The highest BCUT2D eigenvalue weighted by molar-refractivity contribution is 5.78. The molecule has 1 N–H and O–H groups in total. The van der Waals surface area contributed by atoms with E-state index in [1.165, 1.54) is 7.11 Å². The van der Waals surface area contributed by atoms with Gasteiger partial charge in [0.05, 0.1) is 20.3 Å². The van der Waals surface area contributed by atoms with E-state index in [0.29, 0.717) is 41.2 Å². The standard InChI is InChI=1S/C30H28N2O9/c1-19-25(31-29(40-19)22-7-12-26-27(13-22)39-18-38-26)17-37-16-21-5-3-20(4-6-21)14-32(15-28(33)34)30(35)41-24-10-8-23(36-2)9-11-24/h3-13H,14-18H2,1-2H3,(H,33,34). The van der Waals surface area contributed by atoms with E-state index in [-0.39, 0.29) is 25.7 Å². The van der Waals surface area contributed by atoms with E-state index >= 15 is 0 Å². The third-order valence-electron chi connectivity index (χ3n) is 6.27. The lowest BCUT2D eigenvalue weighted by molar-refractivity contribution is -0.138. The SMILES string of the molecule is COc1ccc(OC(=O)N(CC(=O)O)Cc2ccc(COCc3nc(-c4ccc5c(c4)OCO5)oc3C)cc2)cc1. The number of nitrogens with zero attached hydrogens (tertiary/aromatic N) is 2. The van der Waals surface area contributed by atoms with Crippen LogP contribution < -0.4 is 18.9 Å². The summed E-state index contributed by atoms with van der Waals surface area (Å²) in [6, 6.07) is 19.3. The molecule has 11 heteroatoms. The van der Waals surface area contributed by atoms with Crippen LogP contribution in [-0.2, 0) is 29.3 Å². The highest BCUT2D eigenvalue weighted by atomic mass is 16.7. The second-order valence-electron chi connectivity index (χ2n) is 9.19. The van der Waals surface area contributed by atoms with Crippen molar-refractivity contribution in [2.24, 2.45) is 0 Å². The van der Waals surface area contributed by atoms with Crippen molar-refractivity contribution in [1.82, 2.24) is 9.88 Å². The average Bonchev–Trinajstić information content (AvgIpc) is 3.59. The first-order chi connectivity index (χ1) is 19.9. The van der Waals surface area contributed by atoms with Crippen LogP contribution in [-0.4, -0.2) is 47.5 Å². The van der Waals surface area contributed by atoms with Gasteiger partial charge >= 0.3 is 12.1 Å². The topological polar surface area (TPSA) is 130 Å². The maximum Gasteiger partial charge on any atom is 0.416 e. The molecule has 5 rings (SSSR count). The Morgan fingerprint density at radius 3 is 2.37 bits per heavy atom. The Balaban J connectivity index is 1.15. The van der Waals surface area contributed by atoms with E-state index < -0.39 is 18.6 Å². The summed E-state index contributed by atoms with van der Waals surface area (Å²) in [4.78, 5) is 29.7. The molecule has 1 amide bonds. The van der Waals surface area contributed by atoms with Crippen LogP contribution in [0.15, 0.2) is 71.1 Å². The third-order valence-corrected chi connectivity index (χ3v) is 6.27. The minimum atomic E-state index is -1.15. The first-order valence-electron chi connectivity index (χ1n) is 12.7. The Labute approximate surface area is 235 Å². The predicted molar refractivity (Wildman–Crippen MR) is 145 cm³/mol. The van der Waals surface area contributed by atoms with Gasteiger partial charge in [-0.15, -0.1) is 0 Å². The zero-order chi connectivity index (χ0) is 28.8. The first kappa shape index (κ1) is 27.5. The first-order valence-corrected chi connectivity index (χ1v) is 12.7. The van der Waals surface area contributed by atoms with E-state index in [1.807, 2.05) is 49.4 Å². The number of aliphatic carboxylic acids is 1. The molecule has 1 aliphatic rings. The number of carboxylic acids is 1. The number of hydrogen-bond acceptors (Lipinski definition) is 9. The monoisotopic (exact) mass is 560 g/mol. The summed E-state index contributed by atoms with van der Waals surface area (Å²) in [7, 11) is 1.53. The van der Waals surface area contributed by atoms with E-state index in [9.17, 15) is 14.7 Å². The number of aryl methyl sites for hydroxylation is 1. The summed E-state index contributed by atoms with van der Waals surface area (Å²) < 4.78 is 32.9. The van der Waals surface area contributed by atoms with Gasteiger partial charge in [-0.2, -0.15) is 0 Å². The molecule has 0 aliphatic carbocycles. The van der Waals surface area contributed by atoms with Crippen LogP contribution in [0, 0.1) is 6.92 Å². The minimum absolute atomic E-state index is 0.0587. The van der Waals surface area contributed by atoms with Crippen LogP contribution >= 0.6 is 0 Å². The number of ether oxygens (including phenoxy) is 5. The van der Waals surface area contributed by atoms with Gasteiger partial charge in [0.2, 0.25) is 12.7 Å². The fourth-order valence-electron chi connectivity index (χ4n) is 4.10. The van der Waals surface area contributed by atoms with Crippen LogP contribution in [0.4, 0.5) is 4.79 Å². The fourth-order valence-corrected chi connectivity index (χ4v) is 4.10. The predicted octanol–water partition coefficient (Wildman–Crippen LogP) is 5.19. The second kappa shape index (κ2) is 12.4. The van der Waals surface area contributed by atoms with Crippen molar-refractivity contribution in [3.63, 3.8) is 0 Å². The Bertz CT molecular complexity index is 1510. The summed E-state index contributed by atoms with van der Waals surface area (Å²) in [5.74, 6) is 2.22. The van der Waals surface area contributed by atoms with Gasteiger partial charge in [-0.3, -0.25) is 9.69 Å². The fraction of sp³-hybridized carbons (Fsp3) is 0.233. The summed E-state index contributed by atoms with van der Waals surface area (Å²) >= 11 is 0. The molecule has 11 nitrogen and oxygen atoms in total.